The molecule has 31 heavy (non-hydrogen) atoms. The van der Waals surface area contributed by atoms with Gasteiger partial charge in [-0.2, -0.15) is 0 Å². The van der Waals surface area contributed by atoms with Crippen molar-refractivity contribution in [3.8, 4) is 10.6 Å². The molecule has 158 valence electrons. The van der Waals surface area contributed by atoms with Crippen LogP contribution in [0.15, 0.2) is 36.4 Å². The van der Waals surface area contributed by atoms with Gasteiger partial charge in [0.1, 0.15) is 10.0 Å². The molecular formula is C21H16ClN3O3S3. The number of nitrogens with one attached hydrogen (secondary N) is 1. The predicted octanol–water partition coefficient (Wildman–Crippen LogP) is 6.12. The number of halogens is 1. The van der Waals surface area contributed by atoms with E-state index in [0.717, 1.165) is 36.2 Å². The molecule has 5 rings (SSSR count). The highest BCUT2D eigenvalue weighted by atomic mass is 35.5. The van der Waals surface area contributed by atoms with Crippen molar-refractivity contribution >= 4 is 72.8 Å². The summed E-state index contributed by atoms with van der Waals surface area (Å²) < 4.78 is 6.55. The Bertz CT molecular complexity index is 1280. The average molecular weight is 490 g/mol. The van der Waals surface area contributed by atoms with E-state index in [0.29, 0.717) is 28.7 Å². The first-order valence-corrected chi connectivity index (χ1v) is 12.3. The Morgan fingerprint density at radius 3 is 2.74 bits per heavy atom. The highest BCUT2D eigenvalue weighted by Crippen LogP contribution is 2.46. The van der Waals surface area contributed by atoms with Gasteiger partial charge in [-0.15, -0.1) is 34.0 Å². The van der Waals surface area contributed by atoms with Gasteiger partial charge in [-0.3, -0.25) is 4.79 Å². The summed E-state index contributed by atoms with van der Waals surface area (Å²) in [5.41, 5.74) is 3.00. The molecule has 2 amide bonds. The van der Waals surface area contributed by atoms with Gasteiger partial charge in [0.05, 0.1) is 33.1 Å². The molecule has 1 N–H and O–H groups in total. The van der Waals surface area contributed by atoms with Crippen LogP contribution in [0.1, 0.15) is 20.1 Å². The second-order valence-corrected chi connectivity index (χ2v) is 10.7. The van der Waals surface area contributed by atoms with Gasteiger partial charge in [-0.25, -0.2) is 9.78 Å². The van der Waals surface area contributed by atoms with Crippen LogP contribution >= 0.6 is 45.6 Å². The predicted molar refractivity (Wildman–Crippen MR) is 127 cm³/mol. The minimum absolute atomic E-state index is 0.206. The number of fused-ring (bicyclic) bond motifs is 2. The van der Waals surface area contributed by atoms with Crippen LogP contribution in [0.4, 0.5) is 9.80 Å². The first-order valence-electron chi connectivity index (χ1n) is 9.43. The summed E-state index contributed by atoms with van der Waals surface area (Å²) >= 11 is 10.3. The first kappa shape index (κ1) is 20.4. The number of hydrogen-bond donors (Lipinski definition) is 1. The standard InChI is InChI=1S/C21H16ClN3O3S3/c1-28-21(27)25-9-8-11-15(10-25)31-20(24-18(26)14-6-7-16(22)29-14)17(11)19-23-12-4-2-3-5-13(12)30-19/h2-7H,8-10H2,1H3,(H,24,26). The normalized spacial score (nSPS) is 13.3. The molecule has 6 nitrogen and oxygen atoms in total. The van der Waals surface area contributed by atoms with Gasteiger partial charge in [0.2, 0.25) is 0 Å². The number of ether oxygens (including phenoxy) is 1. The van der Waals surface area contributed by atoms with Crippen molar-refractivity contribution in [2.75, 3.05) is 19.0 Å². The number of methoxy groups -OCH3 is 1. The first-order chi connectivity index (χ1) is 15.0. The third kappa shape index (κ3) is 3.82. The lowest BCUT2D eigenvalue weighted by Gasteiger charge is -2.25. The monoisotopic (exact) mass is 489 g/mol. The van der Waals surface area contributed by atoms with E-state index in [-0.39, 0.29) is 12.0 Å². The molecule has 0 spiro atoms. The summed E-state index contributed by atoms with van der Waals surface area (Å²) in [6.45, 7) is 1.01. The second-order valence-electron chi connectivity index (χ2n) is 6.89. The zero-order chi connectivity index (χ0) is 21.5. The van der Waals surface area contributed by atoms with Gasteiger partial charge < -0.3 is 15.0 Å². The molecule has 0 saturated heterocycles. The van der Waals surface area contributed by atoms with Crippen molar-refractivity contribution in [1.82, 2.24) is 9.88 Å². The van der Waals surface area contributed by atoms with Crippen LogP contribution < -0.4 is 5.32 Å². The number of benzene rings is 1. The van der Waals surface area contributed by atoms with Crippen molar-refractivity contribution in [2.45, 2.75) is 13.0 Å². The minimum atomic E-state index is -0.348. The van der Waals surface area contributed by atoms with Crippen molar-refractivity contribution in [2.24, 2.45) is 0 Å². The number of para-hydroxylation sites is 1. The number of thiazole rings is 1. The molecular weight excluding hydrogens is 474 g/mol. The lowest BCUT2D eigenvalue weighted by Crippen LogP contribution is -2.35. The summed E-state index contributed by atoms with van der Waals surface area (Å²) in [4.78, 5) is 33.0. The van der Waals surface area contributed by atoms with Crippen LogP contribution in [-0.4, -0.2) is 35.5 Å². The average Bonchev–Trinajstić information content (AvgIpc) is 3.48. The summed E-state index contributed by atoms with van der Waals surface area (Å²) in [5, 5.41) is 4.67. The number of nitrogens with zero attached hydrogens (tertiary/aromatic N) is 2. The number of hydrogen-bond acceptors (Lipinski definition) is 7. The van der Waals surface area contributed by atoms with E-state index in [4.69, 9.17) is 21.3 Å². The Morgan fingerprint density at radius 2 is 2.00 bits per heavy atom. The van der Waals surface area contributed by atoms with E-state index in [1.807, 2.05) is 24.3 Å². The van der Waals surface area contributed by atoms with Crippen LogP contribution in [0.3, 0.4) is 0 Å². The van der Waals surface area contributed by atoms with Crippen molar-refractivity contribution in [3.63, 3.8) is 0 Å². The van der Waals surface area contributed by atoms with Crippen LogP contribution in [0, 0.1) is 0 Å². The smallest absolute Gasteiger partial charge is 0.409 e. The van der Waals surface area contributed by atoms with E-state index in [2.05, 4.69) is 5.32 Å². The molecule has 3 aromatic heterocycles. The maximum absolute atomic E-state index is 12.9. The Hall–Kier alpha value is -2.46. The Balaban J connectivity index is 1.58. The molecule has 1 aliphatic heterocycles. The fraction of sp³-hybridized carbons (Fsp3) is 0.190. The van der Waals surface area contributed by atoms with Gasteiger partial charge in [0, 0.05) is 17.0 Å². The Labute approximate surface area is 195 Å². The molecule has 4 aromatic rings. The molecule has 0 atom stereocenters. The number of carbonyl (C=O) groups is 2. The van der Waals surface area contributed by atoms with Crippen LogP contribution in [-0.2, 0) is 17.7 Å². The number of carbonyl (C=O) groups excluding carboxylic acids is 2. The highest BCUT2D eigenvalue weighted by Gasteiger charge is 2.30. The Kier molecular flexibility index (Phi) is 5.43. The molecule has 0 aliphatic carbocycles. The van der Waals surface area contributed by atoms with Crippen molar-refractivity contribution in [3.05, 3.63) is 56.1 Å². The minimum Gasteiger partial charge on any atom is -0.453 e. The van der Waals surface area contributed by atoms with Crippen LogP contribution in [0.5, 0.6) is 0 Å². The Morgan fingerprint density at radius 1 is 1.16 bits per heavy atom. The maximum atomic E-state index is 12.9. The fourth-order valence-corrected chi connectivity index (χ4v) is 6.89. The fourth-order valence-electron chi connectivity index (χ4n) is 3.58. The molecule has 0 fully saturated rings. The van der Waals surface area contributed by atoms with E-state index in [1.165, 1.54) is 29.8 Å². The SMILES string of the molecule is COC(=O)N1CCc2c(sc(NC(=O)c3ccc(Cl)s3)c2-c2nc3ccccc3s2)C1. The molecule has 0 bridgehead atoms. The third-order valence-electron chi connectivity index (χ3n) is 5.02. The molecule has 1 aliphatic rings. The summed E-state index contributed by atoms with van der Waals surface area (Å²) in [6, 6.07) is 11.4. The van der Waals surface area contributed by atoms with E-state index in [9.17, 15) is 9.59 Å². The van der Waals surface area contributed by atoms with Gasteiger partial charge in [-0.05, 0) is 36.2 Å². The zero-order valence-electron chi connectivity index (χ0n) is 16.3. The quantitative estimate of drug-likeness (QED) is 0.376. The largest absolute Gasteiger partial charge is 0.453 e. The second kappa shape index (κ2) is 8.23. The van der Waals surface area contributed by atoms with E-state index in [1.54, 1.807) is 28.4 Å². The van der Waals surface area contributed by atoms with Gasteiger partial charge in [0.25, 0.3) is 5.91 Å². The lowest BCUT2D eigenvalue weighted by molar-refractivity contribution is 0.103. The van der Waals surface area contributed by atoms with Gasteiger partial charge >= 0.3 is 6.09 Å². The van der Waals surface area contributed by atoms with E-state index >= 15 is 0 Å². The number of anilines is 1. The number of aromatic nitrogens is 1. The molecule has 0 unspecified atom stereocenters. The van der Waals surface area contributed by atoms with E-state index < -0.39 is 0 Å². The lowest BCUT2D eigenvalue weighted by atomic mass is 10.0. The zero-order valence-corrected chi connectivity index (χ0v) is 19.5. The van der Waals surface area contributed by atoms with Gasteiger partial charge in [-0.1, -0.05) is 23.7 Å². The maximum Gasteiger partial charge on any atom is 0.409 e. The van der Waals surface area contributed by atoms with Crippen molar-refractivity contribution < 1.29 is 14.3 Å². The van der Waals surface area contributed by atoms with Crippen LogP contribution in [0.25, 0.3) is 20.8 Å². The molecule has 0 saturated carbocycles. The number of rotatable bonds is 3. The summed E-state index contributed by atoms with van der Waals surface area (Å²) in [6.07, 6.45) is 0.326. The number of thiophene rings is 2. The summed E-state index contributed by atoms with van der Waals surface area (Å²) in [7, 11) is 1.39. The molecule has 1 aromatic carbocycles. The van der Waals surface area contributed by atoms with Gasteiger partial charge in [0.15, 0.2) is 0 Å². The topological polar surface area (TPSA) is 71.5 Å². The molecule has 4 heterocycles. The summed E-state index contributed by atoms with van der Waals surface area (Å²) in [5.74, 6) is -0.206. The molecule has 10 heteroatoms. The van der Waals surface area contributed by atoms with Crippen molar-refractivity contribution in [1.29, 1.82) is 0 Å². The highest BCUT2D eigenvalue weighted by molar-refractivity contribution is 7.23. The number of amides is 2. The molecule has 0 radical (unpaired) electrons. The van der Waals surface area contributed by atoms with Crippen LogP contribution in [0.2, 0.25) is 4.34 Å². The third-order valence-corrected chi connectivity index (χ3v) is 8.44.